The molecule has 1 aliphatic rings. The third-order valence-corrected chi connectivity index (χ3v) is 4.34. The lowest BCUT2D eigenvalue weighted by Gasteiger charge is -2.27. The minimum atomic E-state index is -1.21. The van der Waals surface area contributed by atoms with Gasteiger partial charge in [0.2, 0.25) is 11.8 Å². The molecule has 1 fully saturated rings. The van der Waals surface area contributed by atoms with Crippen molar-refractivity contribution in [3.8, 4) is 0 Å². The molecule has 0 spiro atoms. The van der Waals surface area contributed by atoms with E-state index >= 15 is 0 Å². The van der Waals surface area contributed by atoms with Crippen LogP contribution in [0.5, 0.6) is 0 Å². The van der Waals surface area contributed by atoms with Crippen LogP contribution in [0.15, 0.2) is 0 Å². The van der Waals surface area contributed by atoms with Gasteiger partial charge >= 0.3 is 0 Å². The van der Waals surface area contributed by atoms with E-state index in [0.717, 1.165) is 45.1 Å². The summed E-state index contributed by atoms with van der Waals surface area (Å²) < 4.78 is 11.1. The van der Waals surface area contributed by atoms with E-state index in [9.17, 15) is 9.59 Å². The molecule has 128 valence electrons. The molecule has 4 N–H and O–H groups in total. The van der Waals surface area contributed by atoms with Crippen molar-refractivity contribution in [1.82, 2.24) is 0 Å². The van der Waals surface area contributed by atoms with Gasteiger partial charge in [0.1, 0.15) is 5.41 Å². The van der Waals surface area contributed by atoms with Gasteiger partial charge in [-0.15, -0.1) is 0 Å². The fraction of sp³-hybridized carbons (Fsp3) is 0.875. The normalized spacial score (nSPS) is 19.0. The zero-order valence-corrected chi connectivity index (χ0v) is 13.6. The van der Waals surface area contributed by atoms with Crippen molar-refractivity contribution in [2.45, 2.75) is 71.0 Å². The van der Waals surface area contributed by atoms with Gasteiger partial charge in [0.15, 0.2) is 6.29 Å². The van der Waals surface area contributed by atoms with Gasteiger partial charge in [-0.05, 0) is 44.9 Å². The minimum Gasteiger partial charge on any atom is -0.369 e. The molecule has 0 aromatic carbocycles. The molecule has 0 saturated carbocycles. The molecule has 2 amide bonds. The number of ether oxygens (including phenoxy) is 2. The van der Waals surface area contributed by atoms with E-state index in [0.29, 0.717) is 25.9 Å². The largest absolute Gasteiger partial charge is 0.369 e. The number of amides is 2. The molecule has 0 aliphatic carbocycles. The topological polar surface area (TPSA) is 105 Å². The Balaban J connectivity index is 2.35. The van der Waals surface area contributed by atoms with Crippen molar-refractivity contribution in [3.63, 3.8) is 0 Å². The fourth-order valence-corrected chi connectivity index (χ4v) is 2.80. The highest BCUT2D eigenvalue weighted by atomic mass is 16.7. The van der Waals surface area contributed by atoms with Crippen molar-refractivity contribution in [2.24, 2.45) is 16.9 Å². The van der Waals surface area contributed by atoms with Gasteiger partial charge in [-0.1, -0.05) is 19.8 Å². The highest BCUT2D eigenvalue weighted by Gasteiger charge is 2.41. The first kappa shape index (κ1) is 18.9. The second-order valence-electron chi connectivity index (χ2n) is 6.04. The summed E-state index contributed by atoms with van der Waals surface area (Å²) in [6, 6.07) is 0. The summed E-state index contributed by atoms with van der Waals surface area (Å²) in [4.78, 5) is 23.5. The van der Waals surface area contributed by atoms with Gasteiger partial charge in [0.25, 0.3) is 0 Å². The van der Waals surface area contributed by atoms with E-state index in [1.165, 1.54) is 0 Å². The fourth-order valence-electron chi connectivity index (χ4n) is 2.80. The van der Waals surface area contributed by atoms with Crippen molar-refractivity contribution >= 4 is 11.8 Å². The van der Waals surface area contributed by atoms with Crippen molar-refractivity contribution in [3.05, 3.63) is 0 Å². The standard InChI is InChI=1S/C16H30N2O4/c1-2-3-9-16(14(17)19,15(18)20)10-5-7-12-22-13-8-4-6-11-21-13/h13H,2-12H2,1H3,(H2,17,19)(H2,18,20). The molecule has 0 aromatic rings. The Morgan fingerprint density at radius 2 is 1.82 bits per heavy atom. The van der Waals surface area contributed by atoms with Gasteiger partial charge in [-0.2, -0.15) is 0 Å². The summed E-state index contributed by atoms with van der Waals surface area (Å²) in [6.07, 6.45) is 6.98. The number of primary amides is 2. The van der Waals surface area contributed by atoms with Crippen LogP contribution in [-0.2, 0) is 19.1 Å². The van der Waals surface area contributed by atoms with Crippen LogP contribution in [0.3, 0.4) is 0 Å². The first-order valence-electron chi connectivity index (χ1n) is 8.36. The Kier molecular flexibility index (Phi) is 8.42. The number of carbonyl (C=O) groups excluding carboxylic acids is 2. The Labute approximate surface area is 132 Å². The predicted octanol–water partition coefficient (Wildman–Crippen LogP) is 1.85. The Morgan fingerprint density at radius 3 is 2.36 bits per heavy atom. The second-order valence-corrected chi connectivity index (χ2v) is 6.04. The minimum absolute atomic E-state index is 0.106. The number of carbonyl (C=O) groups is 2. The van der Waals surface area contributed by atoms with E-state index < -0.39 is 17.2 Å². The Bertz CT molecular complexity index is 340. The molecular weight excluding hydrogens is 284 g/mol. The van der Waals surface area contributed by atoms with Gasteiger partial charge in [0, 0.05) is 13.2 Å². The van der Waals surface area contributed by atoms with E-state index in [1.54, 1.807) is 0 Å². The maximum atomic E-state index is 11.7. The number of nitrogens with two attached hydrogens (primary N) is 2. The first-order chi connectivity index (χ1) is 10.5. The van der Waals surface area contributed by atoms with Crippen molar-refractivity contribution in [1.29, 1.82) is 0 Å². The average Bonchev–Trinajstić information content (AvgIpc) is 2.50. The molecule has 22 heavy (non-hydrogen) atoms. The van der Waals surface area contributed by atoms with Gasteiger partial charge in [-0.3, -0.25) is 9.59 Å². The van der Waals surface area contributed by atoms with E-state index in [4.69, 9.17) is 20.9 Å². The van der Waals surface area contributed by atoms with Crippen LogP contribution in [0.25, 0.3) is 0 Å². The average molecular weight is 314 g/mol. The SMILES string of the molecule is CCCCC(CCCCOC1CCCCO1)(C(N)=O)C(N)=O. The monoisotopic (exact) mass is 314 g/mol. The number of rotatable bonds is 11. The molecule has 1 heterocycles. The summed E-state index contributed by atoms with van der Waals surface area (Å²) in [5.74, 6) is -1.21. The van der Waals surface area contributed by atoms with Crippen LogP contribution in [-0.4, -0.2) is 31.3 Å². The molecule has 1 aliphatic heterocycles. The molecule has 1 saturated heterocycles. The maximum absolute atomic E-state index is 11.7. The molecule has 1 atom stereocenters. The van der Waals surface area contributed by atoms with Crippen LogP contribution < -0.4 is 11.5 Å². The Morgan fingerprint density at radius 1 is 1.14 bits per heavy atom. The highest BCUT2D eigenvalue weighted by Crippen LogP contribution is 2.30. The zero-order valence-electron chi connectivity index (χ0n) is 13.6. The molecule has 0 radical (unpaired) electrons. The van der Waals surface area contributed by atoms with Crippen LogP contribution in [0.4, 0.5) is 0 Å². The lowest BCUT2D eigenvalue weighted by atomic mass is 9.77. The van der Waals surface area contributed by atoms with Gasteiger partial charge < -0.3 is 20.9 Å². The number of hydrogen-bond acceptors (Lipinski definition) is 4. The van der Waals surface area contributed by atoms with Crippen molar-refractivity contribution in [2.75, 3.05) is 13.2 Å². The van der Waals surface area contributed by atoms with E-state index in [-0.39, 0.29) is 6.29 Å². The lowest BCUT2D eigenvalue weighted by Crippen LogP contribution is -2.47. The molecule has 1 rings (SSSR count). The predicted molar refractivity (Wildman–Crippen MR) is 83.7 cm³/mol. The maximum Gasteiger partial charge on any atom is 0.233 e. The first-order valence-corrected chi connectivity index (χ1v) is 8.36. The zero-order chi connectivity index (χ0) is 16.4. The molecule has 6 nitrogen and oxygen atoms in total. The summed E-state index contributed by atoms with van der Waals surface area (Å²) in [5.41, 5.74) is 9.70. The lowest BCUT2D eigenvalue weighted by molar-refractivity contribution is -0.163. The molecule has 6 heteroatoms. The second kappa shape index (κ2) is 9.79. The van der Waals surface area contributed by atoms with Crippen LogP contribution in [0.2, 0.25) is 0 Å². The Hall–Kier alpha value is -1.14. The van der Waals surface area contributed by atoms with Crippen molar-refractivity contribution < 1.29 is 19.1 Å². The molecule has 0 bridgehead atoms. The molecule has 0 aromatic heterocycles. The van der Waals surface area contributed by atoms with E-state index in [1.807, 2.05) is 6.92 Å². The smallest absolute Gasteiger partial charge is 0.233 e. The number of unbranched alkanes of at least 4 members (excludes halogenated alkanes) is 2. The van der Waals surface area contributed by atoms with Gasteiger partial charge in [-0.25, -0.2) is 0 Å². The summed E-state index contributed by atoms with van der Waals surface area (Å²) >= 11 is 0. The van der Waals surface area contributed by atoms with Crippen LogP contribution in [0, 0.1) is 5.41 Å². The summed E-state index contributed by atoms with van der Waals surface area (Å²) in [6.45, 7) is 3.32. The van der Waals surface area contributed by atoms with Gasteiger partial charge in [0.05, 0.1) is 0 Å². The third kappa shape index (κ3) is 5.57. The molecule has 1 unspecified atom stereocenters. The number of hydrogen-bond donors (Lipinski definition) is 2. The van der Waals surface area contributed by atoms with E-state index in [2.05, 4.69) is 0 Å². The van der Waals surface area contributed by atoms with Crippen LogP contribution in [0.1, 0.15) is 64.7 Å². The molecular formula is C16H30N2O4. The highest BCUT2D eigenvalue weighted by molar-refractivity contribution is 6.03. The summed E-state index contributed by atoms with van der Waals surface area (Å²) in [5, 5.41) is 0. The quantitative estimate of drug-likeness (QED) is 0.448. The summed E-state index contributed by atoms with van der Waals surface area (Å²) in [7, 11) is 0. The third-order valence-electron chi connectivity index (χ3n) is 4.34. The van der Waals surface area contributed by atoms with Crippen LogP contribution >= 0.6 is 0 Å².